The first-order chi connectivity index (χ1) is 11.6. The van der Waals surface area contributed by atoms with Gasteiger partial charge < -0.3 is 15.5 Å². The number of fused-ring (bicyclic) bond motifs is 1. The first-order valence-electron chi connectivity index (χ1n) is 8.33. The Morgan fingerprint density at radius 1 is 1.36 bits per heavy atom. The molecule has 0 aromatic carbocycles. The number of nitrogens with one attached hydrogen (secondary N) is 2. The minimum absolute atomic E-state index is 0.0578. The number of hydrogen-bond acceptors (Lipinski definition) is 6. The molecule has 0 radical (unpaired) electrons. The molecule has 2 atom stereocenters. The van der Waals surface area contributed by atoms with Gasteiger partial charge in [-0.25, -0.2) is 4.98 Å². The molecule has 136 valence electrons. The molecule has 0 aliphatic carbocycles. The minimum atomic E-state index is -0.119. The Labute approximate surface area is 155 Å². The average Bonchev–Trinajstić information content (AvgIpc) is 3.06. The van der Waals surface area contributed by atoms with E-state index in [-0.39, 0.29) is 29.3 Å². The summed E-state index contributed by atoms with van der Waals surface area (Å²) in [6.07, 6.45) is 1.12. The van der Waals surface area contributed by atoms with Crippen molar-refractivity contribution in [2.24, 2.45) is 5.41 Å². The summed E-state index contributed by atoms with van der Waals surface area (Å²) in [7, 11) is 3.92. The van der Waals surface area contributed by atoms with Gasteiger partial charge in [0.2, 0.25) is 5.91 Å². The summed E-state index contributed by atoms with van der Waals surface area (Å²) >= 11 is 3.00. The van der Waals surface area contributed by atoms with E-state index in [1.54, 1.807) is 11.3 Å². The van der Waals surface area contributed by atoms with Gasteiger partial charge in [0.05, 0.1) is 21.7 Å². The monoisotopic (exact) mass is 380 g/mol. The standard InChI is InChI=1S/C17H24N4O2S2/c1-17(2,3)13-9(6-7-12(22)19-13)18-14(23)10-8-11-15(24-10)20-16(25-11)21(4)5/h8-9,13H,6-7H2,1-5H3,(H,18,23)(H,19,22)/t9-,13-/m1/s1. The van der Waals surface area contributed by atoms with E-state index < -0.39 is 0 Å². The van der Waals surface area contributed by atoms with Crippen LogP contribution in [-0.2, 0) is 4.79 Å². The van der Waals surface area contributed by atoms with Crippen LogP contribution < -0.4 is 15.5 Å². The zero-order chi connectivity index (χ0) is 18.4. The summed E-state index contributed by atoms with van der Waals surface area (Å²) in [6, 6.07) is 1.78. The number of carbonyl (C=O) groups excluding carboxylic acids is 2. The molecule has 6 nitrogen and oxygen atoms in total. The van der Waals surface area contributed by atoms with Crippen LogP contribution in [0.5, 0.6) is 0 Å². The second kappa shape index (κ2) is 6.57. The van der Waals surface area contributed by atoms with E-state index in [1.165, 1.54) is 11.3 Å². The van der Waals surface area contributed by atoms with Gasteiger partial charge >= 0.3 is 0 Å². The molecule has 2 aromatic heterocycles. The van der Waals surface area contributed by atoms with Gasteiger partial charge in [0.25, 0.3) is 5.91 Å². The normalized spacial score (nSPS) is 21.2. The number of piperidine rings is 1. The zero-order valence-electron chi connectivity index (χ0n) is 15.2. The largest absolute Gasteiger partial charge is 0.354 e. The molecule has 1 aliphatic rings. The fourth-order valence-corrected chi connectivity index (χ4v) is 5.08. The molecule has 25 heavy (non-hydrogen) atoms. The average molecular weight is 381 g/mol. The van der Waals surface area contributed by atoms with Gasteiger partial charge in [-0.05, 0) is 17.9 Å². The molecule has 0 spiro atoms. The predicted molar refractivity (Wildman–Crippen MR) is 104 cm³/mol. The highest BCUT2D eigenvalue weighted by molar-refractivity contribution is 7.29. The molecule has 0 bridgehead atoms. The van der Waals surface area contributed by atoms with Crippen molar-refractivity contribution < 1.29 is 9.59 Å². The summed E-state index contributed by atoms with van der Waals surface area (Å²) in [5.41, 5.74) is -0.119. The highest BCUT2D eigenvalue weighted by Gasteiger charge is 2.37. The van der Waals surface area contributed by atoms with Crippen LogP contribution in [0, 0.1) is 5.41 Å². The smallest absolute Gasteiger partial charge is 0.261 e. The molecule has 3 rings (SSSR count). The number of carbonyl (C=O) groups is 2. The second-order valence-corrected chi connectivity index (χ2v) is 9.74. The Kier molecular flexibility index (Phi) is 4.76. The van der Waals surface area contributed by atoms with Crippen LogP contribution in [0.25, 0.3) is 9.53 Å². The molecule has 2 amide bonds. The van der Waals surface area contributed by atoms with Crippen LogP contribution in [0.4, 0.5) is 5.13 Å². The number of anilines is 1. The number of thiophene rings is 1. The van der Waals surface area contributed by atoms with Crippen molar-refractivity contribution in [3.63, 3.8) is 0 Å². The van der Waals surface area contributed by atoms with Gasteiger partial charge in [0.15, 0.2) is 5.13 Å². The summed E-state index contributed by atoms with van der Waals surface area (Å²) < 4.78 is 1.03. The molecular formula is C17H24N4O2S2. The first-order valence-corrected chi connectivity index (χ1v) is 9.96. The molecule has 8 heteroatoms. The number of thiazole rings is 1. The fraction of sp³-hybridized carbons (Fsp3) is 0.588. The van der Waals surface area contributed by atoms with Crippen molar-refractivity contribution in [2.45, 2.75) is 45.7 Å². The number of amides is 2. The number of aromatic nitrogens is 1. The van der Waals surface area contributed by atoms with E-state index in [9.17, 15) is 9.59 Å². The summed E-state index contributed by atoms with van der Waals surface area (Å²) in [5.74, 6) is -0.0283. The maximum absolute atomic E-state index is 12.7. The lowest BCUT2D eigenvalue weighted by Gasteiger charge is -2.40. The lowest BCUT2D eigenvalue weighted by molar-refractivity contribution is -0.125. The molecule has 2 N–H and O–H groups in total. The van der Waals surface area contributed by atoms with Gasteiger partial charge in [-0.3, -0.25) is 9.59 Å². The van der Waals surface area contributed by atoms with Gasteiger partial charge in [-0.15, -0.1) is 11.3 Å². The molecule has 1 saturated heterocycles. The van der Waals surface area contributed by atoms with Crippen molar-refractivity contribution in [1.29, 1.82) is 0 Å². The van der Waals surface area contributed by atoms with Crippen LogP contribution in [-0.4, -0.2) is 43.0 Å². The van der Waals surface area contributed by atoms with Gasteiger partial charge in [0, 0.05) is 20.5 Å². The van der Waals surface area contributed by atoms with Crippen LogP contribution in [0.1, 0.15) is 43.3 Å². The summed E-state index contributed by atoms with van der Waals surface area (Å²) in [4.78, 5) is 32.5. The number of hydrogen-bond donors (Lipinski definition) is 2. The topological polar surface area (TPSA) is 74.3 Å². The van der Waals surface area contributed by atoms with E-state index in [0.29, 0.717) is 17.7 Å². The van der Waals surface area contributed by atoms with Gasteiger partial charge in [0.1, 0.15) is 4.83 Å². The molecule has 0 unspecified atom stereocenters. The summed E-state index contributed by atoms with van der Waals surface area (Å²) in [5, 5.41) is 7.10. The molecule has 3 heterocycles. The molecule has 2 aromatic rings. The Morgan fingerprint density at radius 2 is 2.08 bits per heavy atom. The Morgan fingerprint density at radius 3 is 2.68 bits per heavy atom. The molecule has 1 aliphatic heterocycles. The second-order valence-electron chi connectivity index (χ2n) is 7.70. The maximum Gasteiger partial charge on any atom is 0.261 e. The Balaban J connectivity index is 1.76. The third-order valence-electron chi connectivity index (χ3n) is 4.34. The van der Waals surface area contributed by atoms with E-state index in [4.69, 9.17) is 0 Å². The van der Waals surface area contributed by atoms with E-state index >= 15 is 0 Å². The highest BCUT2D eigenvalue weighted by atomic mass is 32.1. The zero-order valence-corrected chi connectivity index (χ0v) is 16.8. The third kappa shape index (κ3) is 3.79. The molecular weight excluding hydrogens is 356 g/mol. The number of rotatable bonds is 3. The lowest BCUT2D eigenvalue weighted by atomic mass is 9.78. The molecule has 1 fully saturated rings. The van der Waals surface area contributed by atoms with Crippen molar-refractivity contribution in [1.82, 2.24) is 15.6 Å². The first kappa shape index (κ1) is 18.1. The van der Waals surface area contributed by atoms with Gasteiger partial charge in [-0.1, -0.05) is 32.1 Å². The fourth-order valence-electron chi connectivity index (χ4n) is 3.04. The van der Waals surface area contributed by atoms with Gasteiger partial charge in [-0.2, -0.15) is 0 Å². The quantitative estimate of drug-likeness (QED) is 0.859. The van der Waals surface area contributed by atoms with Crippen LogP contribution in [0.15, 0.2) is 6.07 Å². The van der Waals surface area contributed by atoms with E-state index in [2.05, 4.69) is 36.4 Å². The summed E-state index contributed by atoms with van der Waals surface area (Å²) in [6.45, 7) is 6.24. The van der Waals surface area contributed by atoms with Crippen LogP contribution in [0.3, 0.4) is 0 Å². The Bertz CT molecular complexity index is 772. The van der Waals surface area contributed by atoms with Crippen LogP contribution in [0.2, 0.25) is 0 Å². The highest BCUT2D eigenvalue weighted by Crippen LogP contribution is 2.34. The van der Waals surface area contributed by atoms with Crippen LogP contribution >= 0.6 is 22.7 Å². The number of nitrogens with zero attached hydrogens (tertiary/aromatic N) is 2. The Hall–Kier alpha value is -1.67. The third-order valence-corrected chi connectivity index (χ3v) is 6.66. The van der Waals surface area contributed by atoms with Crippen molar-refractivity contribution >= 4 is 49.1 Å². The van der Waals surface area contributed by atoms with Crippen molar-refractivity contribution in [3.05, 3.63) is 10.9 Å². The molecule has 0 saturated carbocycles. The SMILES string of the molecule is CN(C)c1nc2sc(C(=O)N[C@@H]3CCC(=O)N[C@H]3C(C)(C)C)cc2s1. The maximum atomic E-state index is 12.7. The predicted octanol–water partition coefficient (Wildman–Crippen LogP) is 2.85. The van der Waals surface area contributed by atoms with E-state index in [0.717, 1.165) is 14.7 Å². The minimum Gasteiger partial charge on any atom is -0.354 e. The lowest BCUT2D eigenvalue weighted by Crippen LogP contribution is -2.60. The van der Waals surface area contributed by atoms with E-state index in [1.807, 2.05) is 25.1 Å². The van der Waals surface area contributed by atoms with Crippen molar-refractivity contribution in [2.75, 3.05) is 19.0 Å². The van der Waals surface area contributed by atoms with Crippen molar-refractivity contribution in [3.8, 4) is 0 Å².